The number of halogens is 1. The van der Waals surface area contributed by atoms with Gasteiger partial charge in [-0.25, -0.2) is 9.18 Å². The molecule has 76 valence electrons. The second kappa shape index (κ2) is 2.83. The Balaban J connectivity index is 2.76. The van der Waals surface area contributed by atoms with Gasteiger partial charge < -0.3 is 15.1 Å². The minimum absolute atomic E-state index is 0.131. The van der Waals surface area contributed by atoms with E-state index in [-0.39, 0.29) is 19.5 Å². The summed E-state index contributed by atoms with van der Waals surface area (Å²) in [6, 6.07) is 0. The van der Waals surface area contributed by atoms with Gasteiger partial charge in [-0.3, -0.25) is 0 Å². The maximum absolute atomic E-state index is 13.7. The van der Waals surface area contributed by atoms with E-state index in [0.29, 0.717) is 0 Å². The van der Waals surface area contributed by atoms with Crippen molar-refractivity contribution in [3.8, 4) is 0 Å². The zero-order valence-corrected chi connectivity index (χ0v) is 7.75. The van der Waals surface area contributed by atoms with Gasteiger partial charge in [-0.05, 0) is 20.3 Å². The summed E-state index contributed by atoms with van der Waals surface area (Å²) in [6.07, 6.45) is -1.01. The molecule has 1 aliphatic heterocycles. The van der Waals surface area contributed by atoms with Crippen LogP contribution in [-0.4, -0.2) is 45.6 Å². The number of piperidine rings is 1. The number of likely N-dealkylation sites (tertiary alicyclic amines) is 1. The minimum Gasteiger partial charge on any atom is -0.465 e. The lowest BCUT2D eigenvalue weighted by Gasteiger charge is -2.44. The van der Waals surface area contributed by atoms with Gasteiger partial charge in [0.25, 0.3) is 0 Å². The number of carbonyl (C=O) groups is 1. The van der Waals surface area contributed by atoms with E-state index in [1.54, 1.807) is 0 Å². The van der Waals surface area contributed by atoms with E-state index < -0.39 is 17.4 Å². The van der Waals surface area contributed by atoms with E-state index in [9.17, 15) is 14.3 Å². The van der Waals surface area contributed by atoms with Crippen LogP contribution in [0.3, 0.4) is 0 Å². The van der Waals surface area contributed by atoms with Crippen molar-refractivity contribution in [3.63, 3.8) is 0 Å². The maximum Gasteiger partial charge on any atom is 0.407 e. The molecule has 1 saturated heterocycles. The van der Waals surface area contributed by atoms with Gasteiger partial charge in [0.05, 0.1) is 12.1 Å². The van der Waals surface area contributed by atoms with Crippen molar-refractivity contribution in [2.75, 3.05) is 13.1 Å². The van der Waals surface area contributed by atoms with Crippen molar-refractivity contribution in [1.29, 1.82) is 0 Å². The summed E-state index contributed by atoms with van der Waals surface area (Å²) in [4.78, 5) is 11.5. The molecule has 1 amide bonds. The molecular weight excluding hydrogens is 177 g/mol. The fourth-order valence-corrected chi connectivity index (χ4v) is 1.38. The first kappa shape index (κ1) is 10.2. The molecule has 1 rings (SSSR count). The summed E-state index contributed by atoms with van der Waals surface area (Å²) in [7, 11) is 0. The second-order valence-electron chi connectivity index (χ2n) is 3.93. The largest absolute Gasteiger partial charge is 0.465 e. The number of rotatable bonds is 0. The highest BCUT2D eigenvalue weighted by molar-refractivity contribution is 5.65. The highest BCUT2D eigenvalue weighted by Crippen LogP contribution is 2.34. The van der Waals surface area contributed by atoms with Crippen LogP contribution in [0, 0.1) is 0 Å². The zero-order chi connectivity index (χ0) is 10.3. The van der Waals surface area contributed by atoms with Gasteiger partial charge in [-0.2, -0.15) is 0 Å². The van der Waals surface area contributed by atoms with Crippen molar-refractivity contribution in [1.82, 2.24) is 4.90 Å². The summed E-state index contributed by atoms with van der Waals surface area (Å²) >= 11 is 0. The summed E-state index contributed by atoms with van der Waals surface area (Å²) in [5.74, 6) is 0. The molecule has 0 radical (unpaired) electrons. The summed E-state index contributed by atoms with van der Waals surface area (Å²) in [5, 5.41) is 18.2. The van der Waals surface area contributed by atoms with Gasteiger partial charge >= 0.3 is 6.09 Å². The molecule has 2 atom stereocenters. The van der Waals surface area contributed by atoms with E-state index in [4.69, 9.17) is 5.11 Å². The normalized spacial score (nSPS) is 40.5. The molecule has 2 unspecified atom stereocenters. The van der Waals surface area contributed by atoms with Crippen LogP contribution in [-0.2, 0) is 0 Å². The second-order valence-corrected chi connectivity index (χ2v) is 3.93. The molecule has 4 nitrogen and oxygen atoms in total. The van der Waals surface area contributed by atoms with Crippen LogP contribution < -0.4 is 0 Å². The fraction of sp³-hybridized carbons (Fsp3) is 0.875. The number of aliphatic hydroxyl groups is 1. The monoisotopic (exact) mass is 191 g/mol. The molecule has 0 aromatic rings. The van der Waals surface area contributed by atoms with Crippen molar-refractivity contribution in [3.05, 3.63) is 0 Å². The lowest BCUT2D eigenvalue weighted by atomic mass is 9.81. The molecular formula is C8H14FNO3. The first-order valence-corrected chi connectivity index (χ1v) is 4.15. The average Bonchev–Trinajstić information content (AvgIpc) is 1.94. The van der Waals surface area contributed by atoms with E-state index >= 15 is 0 Å². The Bertz CT molecular complexity index is 227. The SMILES string of the molecule is CC1(O)CCN(C(=O)O)CC1(C)F. The molecule has 0 saturated carbocycles. The molecule has 5 heteroatoms. The predicted octanol–water partition coefficient (Wildman–Crippen LogP) is 0.849. The molecule has 2 N–H and O–H groups in total. The topological polar surface area (TPSA) is 60.8 Å². The fourth-order valence-electron chi connectivity index (χ4n) is 1.38. The van der Waals surface area contributed by atoms with Crippen LogP contribution in [0.5, 0.6) is 0 Å². The van der Waals surface area contributed by atoms with Gasteiger partial charge in [-0.15, -0.1) is 0 Å². The summed E-state index contributed by atoms with van der Waals surface area (Å²) in [6.45, 7) is 2.53. The Morgan fingerprint density at radius 3 is 2.46 bits per heavy atom. The number of carboxylic acid groups (broad SMARTS) is 1. The predicted molar refractivity (Wildman–Crippen MR) is 44.4 cm³/mol. The summed E-state index contributed by atoms with van der Waals surface area (Å²) in [5.41, 5.74) is -3.30. The summed E-state index contributed by atoms with van der Waals surface area (Å²) < 4.78 is 13.7. The van der Waals surface area contributed by atoms with Crippen molar-refractivity contribution < 1.29 is 19.4 Å². The van der Waals surface area contributed by atoms with Crippen LogP contribution in [0.4, 0.5) is 9.18 Å². The van der Waals surface area contributed by atoms with Crippen molar-refractivity contribution in [2.24, 2.45) is 0 Å². The Morgan fingerprint density at radius 2 is 2.08 bits per heavy atom. The third-order valence-corrected chi connectivity index (χ3v) is 2.75. The molecule has 13 heavy (non-hydrogen) atoms. The lowest BCUT2D eigenvalue weighted by Crippen LogP contribution is -2.60. The molecule has 0 spiro atoms. The number of hydrogen-bond acceptors (Lipinski definition) is 2. The van der Waals surface area contributed by atoms with Gasteiger partial charge in [-0.1, -0.05) is 0 Å². The number of alkyl halides is 1. The van der Waals surface area contributed by atoms with Crippen LogP contribution in [0.15, 0.2) is 0 Å². The Labute approximate surface area is 76.0 Å². The molecule has 0 aliphatic carbocycles. The highest BCUT2D eigenvalue weighted by Gasteiger charge is 2.49. The van der Waals surface area contributed by atoms with Crippen LogP contribution in [0.1, 0.15) is 20.3 Å². The van der Waals surface area contributed by atoms with E-state index in [2.05, 4.69) is 0 Å². The highest BCUT2D eigenvalue weighted by atomic mass is 19.1. The van der Waals surface area contributed by atoms with Gasteiger partial charge in [0.15, 0.2) is 5.67 Å². The smallest absolute Gasteiger partial charge is 0.407 e. The van der Waals surface area contributed by atoms with E-state index in [0.717, 1.165) is 4.90 Å². The third kappa shape index (κ3) is 1.75. The standard InChI is InChI=1S/C8H14FNO3/c1-7(9)5-10(6(11)12)4-3-8(7,2)13/h13H,3-5H2,1-2H3,(H,11,12). The Kier molecular flexibility index (Phi) is 2.23. The first-order valence-electron chi connectivity index (χ1n) is 4.15. The average molecular weight is 191 g/mol. The Hall–Kier alpha value is -0.840. The molecule has 0 aromatic carbocycles. The van der Waals surface area contributed by atoms with Gasteiger partial charge in [0.1, 0.15) is 0 Å². The van der Waals surface area contributed by atoms with Crippen molar-refractivity contribution >= 4 is 6.09 Å². The zero-order valence-electron chi connectivity index (χ0n) is 7.75. The quantitative estimate of drug-likeness (QED) is 0.596. The van der Waals surface area contributed by atoms with Crippen LogP contribution in [0.25, 0.3) is 0 Å². The minimum atomic E-state index is -1.87. The number of amides is 1. The van der Waals surface area contributed by atoms with Gasteiger partial charge in [0, 0.05) is 6.54 Å². The van der Waals surface area contributed by atoms with Crippen LogP contribution >= 0.6 is 0 Å². The molecule has 0 aromatic heterocycles. The molecule has 1 heterocycles. The number of hydrogen-bond donors (Lipinski definition) is 2. The van der Waals surface area contributed by atoms with Gasteiger partial charge in [0.2, 0.25) is 0 Å². The molecule has 1 fully saturated rings. The lowest BCUT2D eigenvalue weighted by molar-refractivity contribution is -0.122. The third-order valence-electron chi connectivity index (χ3n) is 2.75. The van der Waals surface area contributed by atoms with Crippen molar-refractivity contribution in [2.45, 2.75) is 31.5 Å². The maximum atomic E-state index is 13.7. The molecule has 0 bridgehead atoms. The van der Waals surface area contributed by atoms with E-state index in [1.807, 2.05) is 0 Å². The molecule has 1 aliphatic rings. The number of nitrogens with zero attached hydrogens (tertiary/aromatic N) is 1. The first-order chi connectivity index (χ1) is 5.76. The van der Waals surface area contributed by atoms with Crippen LogP contribution in [0.2, 0.25) is 0 Å². The Morgan fingerprint density at radius 1 is 1.54 bits per heavy atom. The van der Waals surface area contributed by atoms with E-state index in [1.165, 1.54) is 13.8 Å².